The first-order chi connectivity index (χ1) is 15.3. The summed E-state index contributed by atoms with van der Waals surface area (Å²) in [6, 6.07) is 4.57. The molecule has 12 heteroatoms. The average Bonchev–Trinajstić information content (AvgIpc) is 2.70. The van der Waals surface area contributed by atoms with E-state index in [-0.39, 0.29) is 39.3 Å². The number of rotatable bonds is 7. The summed E-state index contributed by atoms with van der Waals surface area (Å²) in [6.45, 7) is 0.314. The first-order valence-corrected chi connectivity index (χ1v) is 10.5. The smallest absolute Gasteiger partial charge is 0.352 e. The molecule has 0 fully saturated rings. The van der Waals surface area contributed by atoms with Crippen molar-refractivity contribution in [3.05, 3.63) is 73.7 Å². The van der Waals surface area contributed by atoms with Crippen LogP contribution >= 0.6 is 34.8 Å². The minimum absolute atomic E-state index is 0.0771. The lowest BCUT2D eigenvalue weighted by Gasteiger charge is -2.19. The molecule has 0 aliphatic heterocycles. The van der Waals surface area contributed by atoms with Crippen molar-refractivity contribution in [1.29, 1.82) is 0 Å². The molecule has 2 aromatic rings. The standard InChI is InChI=1S/C21H17Cl3F6N2O/c22-16-9-12(10-17(23)18(16)24)14(20(25,26)27)5-3-11-2-4-13(15(8-11)21(28,29)30)19(33)32-7-1-6-31/h2-5,8-10,14H,1,6-7,31H2,(H,32,33)/b5-3+/t14-/m1/s1. The Hall–Kier alpha value is -1.94. The second-order valence-corrected chi connectivity index (χ2v) is 8.07. The van der Waals surface area contributed by atoms with E-state index in [0.29, 0.717) is 18.6 Å². The number of nitrogens with two attached hydrogens (primary N) is 1. The van der Waals surface area contributed by atoms with E-state index in [0.717, 1.165) is 30.3 Å². The third kappa shape index (κ3) is 7.27. The number of amides is 1. The van der Waals surface area contributed by atoms with E-state index >= 15 is 0 Å². The Kier molecular flexibility index (Phi) is 9.09. The molecule has 0 bridgehead atoms. The normalized spacial score (nSPS) is 13.4. The minimum atomic E-state index is -4.91. The lowest BCUT2D eigenvalue weighted by molar-refractivity contribution is -0.139. The van der Waals surface area contributed by atoms with Crippen LogP contribution in [0.3, 0.4) is 0 Å². The van der Waals surface area contributed by atoms with Crippen LogP contribution in [0.25, 0.3) is 6.08 Å². The Morgan fingerprint density at radius 2 is 1.64 bits per heavy atom. The third-order valence-electron chi connectivity index (χ3n) is 4.46. The Morgan fingerprint density at radius 3 is 2.15 bits per heavy atom. The number of allylic oxidation sites excluding steroid dienone is 1. The van der Waals surface area contributed by atoms with Gasteiger partial charge in [-0.15, -0.1) is 0 Å². The Balaban J connectivity index is 2.44. The fourth-order valence-electron chi connectivity index (χ4n) is 2.87. The first kappa shape index (κ1) is 27.3. The summed E-state index contributed by atoms with van der Waals surface area (Å²) in [5.41, 5.74) is 2.82. The van der Waals surface area contributed by atoms with E-state index in [1.807, 2.05) is 0 Å². The van der Waals surface area contributed by atoms with Crippen molar-refractivity contribution in [2.75, 3.05) is 13.1 Å². The maximum Gasteiger partial charge on any atom is 0.417 e. The van der Waals surface area contributed by atoms with Gasteiger partial charge in [-0.3, -0.25) is 4.79 Å². The molecule has 3 N–H and O–H groups in total. The number of hydrogen-bond donors (Lipinski definition) is 2. The van der Waals surface area contributed by atoms with Gasteiger partial charge in [-0.05, 0) is 48.4 Å². The molecule has 0 saturated carbocycles. The summed E-state index contributed by atoms with van der Waals surface area (Å²) in [7, 11) is 0. The summed E-state index contributed by atoms with van der Waals surface area (Å²) in [5, 5.41) is 1.79. The van der Waals surface area contributed by atoms with Gasteiger partial charge in [-0.1, -0.05) is 53.0 Å². The van der Waals surface area contributed by atoms with Crippen molar-refractivity contribution in [2.45, 2.75) is 24.7 Å². The van der Waals surface area contributed by atoms with Gasteiger partial charge < -0.3 is 11.1 Å². The number of carbonyl (C=O) groups is 1. The van der Waals surface area contributed by atoms with E-state index < -0.39 is 35.3 Å². The molecule has 0 saturated heterocycles. The van der Waals surface area contributed by atoms with Crippen LogP contribution in [-0.4, -0.2) is 25.2 Å². The number of halogens is 9. The van der Waals surface area contributed by atoms with Crippen molar-refractivity contribution in [1.82, 2.24) is 5.32 Å². The summed E-state index contributed by atoms with van der Waals surface area (Å²) in [6.07, 6.45) is -7.80. The molecule has 33 heavy (non-hydrogen) atoms. The van der Waals surface area contributed by atoms with Gasteiger partial charge in [0, 0.05) is 6.54 Å². The van der Waals surface area contributed by atoms with Crippen molar-refractivity contribution < 1.29 is 31.1 Å². The lowest BCUT2D eigenvalue weighted by atomic mass is 9.96. The number of alkyl halides is 6. The Labute approximate surface area is 200 Å². The van der Waals surface area contributed by atoms with E-state index in [9.17, 15) is 31.1 Å². The summed E-state index contributed by atoms with van der Waals surface area (Å²) in [4.78, 5) is 12.1. The number of carbonyl (C=O) groups excluding carboxylic acids is 1. The molecule has 0 unspecified atom stereocenters. The number of nitrogens with one attached hydrogen (secondary N) is 1. The monoisotopic (exact) mass is 532 g/mol. The van der Waals surface area contributed by atoms with E-state index in [2.05, 4.69) is 5.32 Å². The zero-order valence-corrected chi connectivity index (χ0v) is 18.9. The van der Waals surface area contributed by atoms with E-state index in [1.165, 1.54) is 0 Å². The zero-order chi connectivity index (χ0) is 25.0. The predicted molar refractivity (Wildman–Crippen MR) is 117 cm³/mol. The van der Waals surface area contributed by atoms with Crippen LogP contribution in [0.15, 0.2) is 36.4 Å². The topological polar surface area (TPSA) is 55.1 Å². The summed E-state index contributed by atoms with van der Waals surface area (Å²) in [5.74, 6) is -3.19. The molecule has 1 atom stereocenters. The predicted octanol–water partition coefficient (Wildman–Crippen LogP) is 7.10. The molecule has 2 rings (SSSR count). The highest BCUT2D eigenvalue weighted by Gasteiger charge is 2.40. The maximum atomic E-state index is 13.6. The highest BCUT2D eigenvalue weighted by atomic mass is 35.5. The fourth-order valence-corrected chi connectivity index (χ4v) is 3.48. The molecule has 2 aromatic carbocycles. The Morgan fingerprint density at radius 1 is 1.03 bits per heavy atom. The molecular weight excluding hydrogens is 517 g/mol. The van der Waals surface area contributed by atoms with Gasteiger partial charge in [0.15, 0.2) is 0 Å². The largest absolute Gasteiger partial charge is 0.417 e. The second-order valence-electron chi connectivity index (χ2n) is 6.88. The van der Waals surface area contributed by atoms with Gasteiger partial charge in [-0.2, -0.15) is 26.3 Å². The van der Waals surface area contributed by atoms with Gasteiger partial charge in [-0.25, -0.2) is 0 Å². The van der Waals surface area contributed by atoms with E-state index in [1.54, 1.807) is 0 Å². The third-order valence-corrected chi connectivity index (χ3v) is 5.66. The molecular formula is C21H17Cl3F6N2O. The molecule has 0 spiro atoms. The number of benzene rings is 2. The van der Waals surface area contributed by atoms with Crippen LogP contribution in [0.4, 0.5) is 26.3 Å². The van der Waals surface area contributed by atoms with Crippen LogP contribution in [0.5, 0.6) is 0 Å². The van der Waals surface area contributed by atoms with Crippen molar-refractivity contribution >= 4 is 46.8 Å². The van der Waals surface area contributed by atoms with Gasteiger partial charge in [0.2, 0.25) is 0 Å². The van der Waals surface area contributed by atoms with Crippen LogP contribution in [0, 0.1) is 0 Å². The summed E-state index contributed by atoms with van der Waals surface area (Å²) >= 11 is 17.4. The van der Waals surface area contributed by atoms with Crippen molar-refractivity contribution in [3.8, 4) is 0 Å². The quantitative estimate of drug-likeness (QED) is 0.227. The van der Waals surface area contributed by atoms with Crippen LogP contribution in [0.1, 0.15) is 39.4 Å². The van der Waals surface area contributed by atoms with Gasteiger partial charge in [0.1, 0.15) is 0 Å². The van der Waals surface area contributed by atoms with Crippen LogP contribution in [-0.2, 0) is 6.18 Å². The average molecular weight is 534 g/mol. The molecule has 0 aliphatic carbocycles. The first-order valence-electron chi connectivity index (χ1n) is 9.34. The Bertz CT molecular complexity index is 1010. The van der Waals surface area contributed by atoms with E-state index in [4.69, 9.17) is 40.5 Å². The fraction of sp³-hybridized carbons (Fsp3) is 0.286. The molecule has 0 aliphatic rings. The SMILES string of the molecule is NCCCNC(=O)c1ccc(/C=C/[C@H](c2cc(Cl)c(Cl)c(Cl)c2)C(F)(F)F)cc1C(F)(F)F. The van der Waals surface area contributed by atoms with Gasteiger partial charge in [0.25, 0.3) is 5.91 Å². The zero-order valence-electron chi connectivity index (χ0n) is 16.6. The number of hydrogen-bond acceptors (Lipinski definition) is 2. The molecule has 0 heterocycles. The van der Waals surface area contributed by atoms with Crippen molar-refractivity contribution in [2.24, 2.45) is 5.73 Å². The molecule has 0 aromatic heterocycles. The maximum absolute atomic E-state index is 13.6. The second kappa shape index (κ2) is 11.0. The van der Waals surface area contributed by atoms with Gasteiger partial charge >= 0.3 is 12.4 Å². The molecule has 1 amide bonds. The molecule has 0 radical (unpaired) electrons. The van der Waals surface area contributed by atoms with Gasteiger partial charge in [0.05, 0.1) is 32.1 Å². The van der Waals surface area contributed by atoms with Crippen LogP contribution < -0.4 is 11.1 Å². The van der Waals surface area contributed by atoms with Crippen LogP contribution in [0.2, 0.25) is 15.1 Å². The van der Waals surface area contributed by atoms with Crippen molar-refractivity contribution in [3.63, 3.8) is 0 Å². The summed E-state index contributed by atoms with van der Waals surface area (Å²) < 4.78 is 81.5. The molecule has 180 valence electrons. The highest BCUT2D eigenvalue weighted by Crippen LogP contribution is 2.41. The minimum Gasteiger partial charge on any atom is -0.352 e. The lowest BCUT2D eigenvalue weighted by Crippen LogP contribution is -2.28. The molecule has 3 nitrogen and oxygen atoms in total. The highest BCUT2D eigenvalue weighted by molar-refractivity contribution is 6.48.